The lowest BCUT2D eigenvalue weighted by atomic mass is 10.1. The summed E-state index contributed by atoms with van der Waals surface area (Å²) in [7, 11) is 0. The molecular weight excluding hydrogens is 344 g/mol. The summed E-state index contributed by atoms with van der Waals surface area (Å²) in [5, 5.41) is 2.40. The predicted octanol–water partition coefficient (Wildman–Crippen LogP) is 5.60. The van der Waals surface area contributed by atoms with Crippen LogP contribution in [-0.4, -0.2) is 9.55 Å². The van der Waals surface area contributed by atoms with Crippen molar-refractivity contribution in [2.75, 3.05) is 0 Å². The Labute approximate surface area is 135 Å². The summed E-state index contributed by atoms with van der Waals surface area (Å²) in [5.41, 5.74) is 3.23. The largest absolute Gasteiger partial charge is 0.330 e. The molecule has 0 aliphatic rings. The molecule has 0 aliphatic heterocycles. The van der Waals surface area contributed by atoms with Crippen LogP contribution in [0.1, 0.15) is 0 Å². The molecule has 2 nitrogen and oxygen atoms in total. The van der Waals surface area contributed by atoms with E-state index < -0.39 is 0 Å². The minimum absolute atomic E-state index is 0.715. The number of aromatic nitrogens is 2. The molecule has 0 amide bonds. The van der Waals surface area contributed by atoms with Crippen molar-refractivity contribution in [3.63, 3.8) is 0 Å². The molecule has 1 aromatic heterocycles. The maximum absolute atomic E-state index is 5.48. The fourth-order valence-corrected chi connectivity index (χ4v) is 3.35. The first-order valence-corrected chi connectivity index (χ1v) is 7.82. The van der Waals surface area contributed by atoms with Crippen molar-refractivity contribution in [3.8, 4) is 5.69 Å². The van der Waals surface area contributed by atoms with Gasteiger partial charge in [0.05, 0.1) is 11.0 Å². The normalized spacial score (nSPS) is 11.3. The van der Waals surface area contributed by atoms with Gasteiger partial charge in [-0.1, -0.05) is 40.2 Å². The van der Waals surface area contributed by atoms with Crippen LogP contribution in [-0.2, 0) is 0 Å². The van der Waals surface area contributed by atoms with Gasteiger partial charge < -0.3 is 4.98 Å². The van der Waals surface area contributed by atoms with Crippen LogP contribution < -0.4 is 0 Å². The first kappa shape index (κ1) is 12.8. The number of halogens is 1. The van der Waals surface area contributed by atoms with Crippen molar-refractivity contribution in [2.45, 2.75) is 0 Å². The summed E-state index contributed by atoms with van der Waals surface area (Å²) in [6.45, 7) is 0. The molecule has 4 rings (SSSR count). The highest BCUT2D eigenvalue weighted by atomic mass is 79.9. The van der Waals surface area contributed by atoms with E-state index in [9.17, 15) is 0 Å². The van der Waals surface area contributed by atoms with Crippen LogP contribution in [0.5, 0.6) is 0 Å². The maximum atomic E-state index is 5.48. The van der Waals surface area contributed by atoms with Crippen molar-refractivity contribution >= 4 is 50.0 Å². The van der Waals surface area contributed by atoms with Gasteiger partial charge in [-0.05, 0) is 59.4 Å². The molecule has 0 radical (unpaired) electrons. The fourth-order valence-electron chi connectivity index (χ4n) is 2.65. The molecule has 0 atom stereocenters. The van der Waals surface area contributed by atoms with Crippen molar-refractivity contribution in [2.24, 2.45) is 0 Å². The van der Waals surface area contributed by atoms with E-state index in [0.29, 0.717) is 4.77 Å². The van der Waals surface area contributed by atoms with Gasteiger partial charge in [0.1, 0.15) is 0 Å². The van der Waals surface area contributed by atoms with E-state index in [2.05, 4.69) is 67.9 Å². The zero-order chi connectivity index (χ0) is 14.4. The Hall–Kier alpha value is -1.91. The van der Waals surface area contributed by atoms with Gasteiger partial charge in [0.15, 0.2) is 4.77 Å². The molecule has 0 spiro atoms. The van der Waals surface area contributed by atoms with E-state index in [4.69, 9.17) is 12.2 Å². The number of nitrogens with zero attached hydrogens (tertiary/aromatic N) is 1. The highest BCUT2D eigenvalue weighted by Crippen LogP contribution is 2.25. The summed E-state index contributed by atoms with van der Waals surface area (Å²) in [6, 6.07) is 20.8. The van der Waals surface area contributed by atoms with Crippen LogP contribution in [0.4, 0.5) is 0 Å². The summed E-state index contributed by atoms with van der Waals surface area (Å²) in [4.78, 5) is 3.25. The van der Waals surface area contributed by atoms with E-state index >= 15 is 0 Å². The lowest BCUT2D eigenvalue weighted by molar-refractivity contribution is 1.07. The monoisotopic (exact) mass is 354 g/mol. The van der Waals surface area contributed by atoms with Crippen LogP contribution in [0, 0.1) is 4.77 Å². The topological polar surface area (TPSA) is 20.7 Å². The number of rotatable bonds is 1. The van der Waals surface area contributed by atoms with Crippen LogP contribution >= 0.6 is 28.1 Å². The molecule has 0 saturated heterocycles. The highest BCUT2D eigenvalue weighted by Gasteiger charge is 2.06. The van der Waals surface area contributed by atoms with E-state index in [0.717, 1.165) is 21.2 Å². The lowest BCUT2D eigenvalue weighted by Gasteiger charge is -2.07. The molecule has 4 heteroatoms. The zero-order valence-electron chi connectivity index (χ0n) is 11.0. The lowest BCUT2D eigenvalue weighted by Crippen LogP contribution is -1.93. The fraction of sp³-hybridized carbons (Fsp3) is 0. The Kier molecular flexibility index (Phi) is 2.94. The molecule has 1 N–H and O–H groups in total. The first-order chi connectivity index (χ1) is 10.2. The molecule has 0 fully saturated rings. The molecule has 3 aromatic carbocycles. The first-order valence-electron chi connectivity index (χ1n) is 6.62. The number of hydrogen-bond donors (Lipinski definition) is 1. The average Bonchev–Trinajstić information content (AvgIpc) is 2.82. The van der Waals surface area contributed by atoms with Crippen LogP contribution in [0.25, 0.3) is 27.5 Å². The van der Waals surface area contributed by atoms with Crippen molar-refractivity contribution in [1.82, 2.24) is 9.55 Å². The standard InChI is InChI=1S/C17H11BrN2S/c18-13-7-5-12-10-14(8-6-11(12)9-13)20-16-4-2-1-3-15(16)19-17(20)21/h1-10H,(H,19,21). The number of aromatic amines is 1. The van der Waals surface area contributed by atoms with Crippen LogP contribution in [0.3, 0.4) is 0 Å². The second-order valence-corrected chi connectivity index (χ2v) is 6.26. The van der Waals surface area contributed by atoms with Gasteiger partial charge in [-0.25, -0.2) is 0 Å². The van der Waals surface area contributed by atoms with Crippen molar-refractivity contribution in [1.29, 1.82) is 0 Å². The maximum Gasteiger partial charge on any atom is 0.182 e. The number of benzene rings is 3. The SMILES string of the molecule is S=c1[nH]c2ccccc2n1-c1ccc2cc(Br)ccc2c1. The summed E-state index contributed by atoms with van der Waals surface area (Å²) in [6.07, 6.45) is 0. The van der Waals surface area contributed by atoms with Gasteiger partial charge in [0.2, 0.25) is 0 Å². The second-order valence-electron chi connectivity index (χ2n) is 4.96. The third-order valence-corrected chi connectivity index (χ3v) is 4.41. The predicted molar refractivity (Wildman–Crippen MR) is 93.7 cm³/mol. The van der Waals surface area contributed by atoms with Crippen molar-refractivity contribution in [3.05, 3.63) is 69.9 Å². The highest BCUT2D eigenvalue weighted by molar-refractivity contribution is 9.10. The number of para-hydroxylation sites is 2. The van der Waals surface area contributed by atoms with E-state index in [-0.39, 0.29) is 0 Å². The van der Waals surface area contributed by atoms with Crippen LogP contribution in [0.15, 0.2) is 65.1 Å². The number of imidazole rings is 1. The Balaban J connectivity index is 2.02. The van der Waals surface area contributed by atoms with Gasteiger partial charge >= 0.3 is 0 Å². The molecule has 4 aromatic rings. The Morgan fingerprint density at radius 3 is 2.57 bits per heavy atom. The molecule has 0 bridgehead atoms. The summed E-state index contributed by atoms with van der Waals surface area (Å²) < 4.78 is 3.88. The van der Waals surface area contributed by atoms with E-state index in [1.54, 1.807) is 0 Å². The van der Waals surface area contributed by atoms with Gasteiger partial charge in [0, 0.05) is 10.2 Å². The molecular formula is C17H11BrN2S. The minimum Gasteiger partial charge on any atom is -0.330 e. The second kappa shape index (κ2) is 4.83. The molecule has 0 saturated carbocycles. The smallest absolute Gasteiger partial charge is 0.182 e. The molecule has 1 heterocycles. The third-order valence-electron chi connectivity index (χ3n) is 3.63. The Morgan fingerprint density at radius 1 is 0.905 bits per heavy atom. The molecule has 0 aliphatic carbocycles. The van der Waals surface area contributed by atoms with Gasteiger partial charge in [0.25, 0.3) is 0 Å². The minimum atomic E-state index is 0.715. The summed E-state index contributed by atoms with van der Waals surface area (Å²) >= 11 is 8.99. The third kappa shape index (κ3) is 2.11. The Bertz CT molecular complexity index is 1030. The quantitative estimate of drug-likeness (QED) is 0.441. The van der Waals surface area contributed by atoms with Gasteiger partial charge in [-0.3, -0.25) is 4.57 Å². The van der Waals surface area contributed by atoms with Gasteiger partial charge in [-0.15, -0.1) is 0 Å². The average molecular weight is 355 g/mol. The zero-order valence-corrected chi connectivity index (χ0v) is 13.4. The molecule has 102 valence electrons. The summed E-state index contributed by atoms with van der Waals surface area (Å²) in [5.74, 6) is 0. The Morgan fingerprint density at radius 2 is 1.67 bits per heavy atom. The number of nitrogens with one attached hydrogen (secondary N) is 1. The van der Waals surface area contributed by atoms with Crippen molar-refractivity contribution < 1.29 is 0 Å². The number of H-pyrrole nitrogens is 1. The van der Waals surface area contributed by atoms with E-state index in [1.165, 1.54) is 10.8 Å². The number of fused-ring (bicyclic) bond motifs is 2. The van der Waals surface area contributed by atoms with E-state index in [1.807, 2.05) is 18.2 Å². The molecule has 0 unspecified atom stereocenters. The van der Waals surface area contributed by atoms with Crippen LogP contribution in [0.2, 0.25) is 0 Å². The number of hydrogen-bond acceptors (Lipinski definition) is 1. The van der Waals surface area contributed by atoms with Gasteiger partial charge in [-0.2, -0.15) is 0 Å². The molecule has 21 heavy (non-hydrogen) atoms.